The van der Waals surface area contributed by atoms with Gasteiger partial charge in [-0.1, -0.05) is 20.8 Å². The number of hydrogen-bond acceptors (Lipinski definition) is 5. The molecule has 1 saturated heterocycles. The molecular formula is C16H21NO5S. The molecule has 23 heavy (non-hydrogen) atoms. The van der Waals surface area contributed by atoms with Crippen LogP contribution >= 0.6 is 0 Å². The second kappa shape index (κ2) is 6.31. The molecule has 1 aromatic carbocycles. The maximum Gasteiger partial charge on any atom is 0.338 e. The van der Waals surface area contributed by atoms with Gasteiger partial charge in [0.25, 0.3) is 0 Å². The molecule has 1 heterocycles. The lowest BCUT2D eigenvalue weighted by Crippen LogP contribution is -2.26. The summed E-state index contributed by atoms with van der Waals surface area (Å²) < 4.78 is 30.0. The van der Waals surface area contributed by atoms with Crippen molar-refractivity contribution in [3.05, 3.63) is 29.8 Å². The predicted octanol–water partition coefficient (Wildman–Crippen LogP) is 2.00. The number of carbonyl (C=O) groups is 2. The largest absolute Gasteiger partial charge is 0.454 e. The number of ketones is 1. The fraction of sp³-hybridized carbons (Fsp3) is 0.500. The highest BCUT2D eigenvalue weighted by atomic mass is 32.2. The summed E-state index contributed by atoms with van der Waals surface area (Å²) in [6, 6.07) is 6.16. The van der Waals surface area contributed by atoms with Crippen LogP contribution in [-0.4, -0.2) is 39.1 Å². The lowest BCUT2D eigenvalue weighted by atomic mass is 9.91. The van der Waals surface area contributed by atoms with Gasteiger partial charge in [-0.2, -0.15) is 0 Å². The van der Waals surface area contributed by atoms with E-state index in [9.17, 15) is 18.0 Å². The van der Waals surface area contributed by atoms with Crippen molar-refractivity contribution in [1.29, 1.82) is 0 Å². The number of rotatable bonds is 4. The number of sulfonamides is 1. The third kappa shape index (κ3) is 4.10. The van der Waals surface area contributed by atoms with Crippen molar-refractivity contribution >= 4 is 27.5 Å². The first-order valence-electron chi connectivity index (χ1n) is 7.42. The minimum absolute atomic E-state index is 0.145. The smallest absolute Gasteiger partial charge is 0.338 e. The molecule has 1 aliphatic heterocycles. The van der Waals surface area contributed by atoms with Crippen LogP contribution in [0.5, 0.6) is 0 Å². The van der Waals surface area contributed by atoms with Crippen molar-refractivity contribution in [3.8, 4) is 0 Å². The van der Waals surface area contributed by atoms with Crippen LogP contribution in [0.3, 0.4) is 0 Å². The third-order valence-electron chi connectivity index (χ3n) is 3.66. The maximum absolute atomic E-state index is 11.9. The first kappa shape index (κ1) is 17.5. The Morgan fingerprint density at radius 2 is 1.78 bits per heavy atom. The van der Waals surface area contributed by atoms with Crippen LogP contribution in [0.4, 0.5) is 5.69 Å². The monoisotopic (exact) mass is 339 g/mol. The topological polar surface area (TPSA) is 80.8 Å². The molecule has 0 aromatic heterocycles. The van der Waals surface area contributed by atoms with E-state index in [0.717, 1.165) is 0 Å². The number of esters is 1. The van der Waals surface area contributed by atoms with Gasteiger partial charge >= 0.3 is 5.97 Å². The quantitative estimate of drug-likeness (QED) is 0.784. The molecule has 1 aromatic rings. The van der Waals surface area contributed by atoms with Crippen LogP contribution in [0.15, 0.2) is 24.3 Å². The Morgan fingerprint density at radius 3 is 2.26 bits per heavy atom. The molecule has 0 saturated carbocycles. The summed E-state index contributed by atoms with van der Waals surface area (Å²) in [6.07, 6.45) is 0.598. The number of ether oxygens (including phenoxy) is 1. The average Bonchev–Trinajstić information content (AvgIpc) is 2.83. The minimum atomic E-state index is -3.24. The van der Waals surface area contributed by atoms with E-state index in [-0.39, 0.29) is 23.7 Å². The Balaban J connectivity index is 2.02. The highest BCUT2D eigenvalue weighted by Gasteiger charge is 2.28. The standard InChI is InChI=1S/C16H21NO5S/c1-16(2,3)14(18)11-22-15(19)12-5-7-13(8-6-12)17-9-4-10-23(17,20)21/h5-8H,4,9-11H2,1-3H3. The van der Waals surface area contributed by atoms with Crippen molar-refractivity contribution in [2.75, 3.05) is 23.2 Å². The first-order valence-corrected chi connectivity index (χ1v) is 9.03. The molecule has 126 valence electrons. The van der Waals surface area contributed by atoms with E-state index in [1.54, 1.807) is 32.9 Å². The summed E-state index contributed by atoms with van der Waals surface area (Å²) in [5.41, 5.74) is 0.255. The third-order valence-corrected chi connectivity index (χ3v) is 5.53. The predicted molar refractivity (Wildman–Crippen MR) is 86.9 cm³/mol. The van der Waals surface area contributed by atoms with Gasteiger partial charge in [-0.05, 0) is 30.7 Å². The Bertz CT molecular complexity index is 701. The van der Waals surface area contributed by atoms with Gasteiger partial charge in [0.05, 0.1) is 17.0 Å². The van der Waals surface area contributed by atoms with Crippen LogP contribution in [0.25, 0.3) is 0 Å². The fourth-order valence-electron chi connectivity index (χ4n) is 2.12. The fourth-order valence-corrected chi connectivity index (χ4v) is 3.69. The van der Waals surface area contributed by atoms with Crippen molar-refractivity contribution < 1.29 is 22.7 Å². The Kier molecular flexibility index (Phi) is 4.79. The van der Waals surface area contributed by atoms with Crippen molar-refractivity contribution in [1.82, 2.24) is 0 Å². The van der Waals surface area contributed by atoms with Crippen molar-refractivity contribution in [2.45, 2.75) is 27.2 Å². The van der Waals surface area contributed by atoms with E-state index in [1.165, 1.54) is 16.4 Å². The van der Waals surface area contributed by atoms with Crippen molar-refractivity contribution in [2.24, 2.45) is 5.41 Å². The molecule has 0 aliphatic carbocycles. The molecule has 0 amide bonds. The van der Waals surface area contributed by atoms with Gasteiger partial charge in [0.1, 0.15) is 0 Å². The number of anilines is 1. The average molecular weight is 339 g/mol. The lowest BCUT2D eigenvalue weighted by molar-refractivity contribution is -0.129. The summed E-state index contributed by atoms with van der Waals surface area (Å²) in [7, 11) is -3.24. The Labute approximate surface area is 136 Å². The zero-order valence-electron chi connectivity index (χ0n) is 13.5. The first-order chi connectivity index (χ1) is 10.6. The molecule has 6 nitrogen and oxygen atoms in total. The van der Waals surface area contributed by atoms with Crippen LogP contribution in [0.2, 0.25) is 0 Å². The van der Waals surface area contributed by atoms with Gasteiger partial charge in [0.2, 0.25) is 10.0 Å². The molecule has 7 heteroatoms. The van der Waals surface area contributed by atoms with Gasteiger partial charge < -0.3 is 4.74 Å². The van der Waals surface area contributed by atoms with Crippen LogP contribution in [-0.2, 0) is 19.6 Å². The van der Waals surface area contributed by atoms with E-state index >= 15 is 0 Å². The molecule has 0 radical (unpaired) electrons. The summed E-state index contributed by atoms with van der Waals surface area (Å²) in [4.78, 5) is 23.7. The molecule has 2 rings (SSSR count). The SMILES string of the molecule is CC(C)(C)C(=O)COC(=O)c1ccc(N2CCCS2(=O)=O)cc1. The summed E-state index contributed by atoms with van der Waals surface area (Å²) in [5.74, 6) is -0.616. The van der Waals surface area contributed by atoms with Crippen LogP contribution in [0, 0.1) is 5.41 Å². The molecule has 1 aliphatic rings. The number of benzene rings is 1. The molecular weight excluding hydrogens is 318 g/mol. The minimum Gasteiger partial charge on any atom is -0.454 e. The number of nitrogens with zero attached hydrogens (tertiary/aromatic N) is 1. The highest BCUT2D eigenvalue weighted by molar-refractivity contribution is 7.93. The van der Waals surface area contributed by atoms with Gasteiger partial charge in [0, 0.05) is 12.0 Å². The van der Waals surface area contributed by atoms with E-state index in [0.29, 0.717) is 18.7 Å². The number of hydrogen-bond donors (Lipinski definition) is 0. The van der Waals surface area contributed by atoms with Gasteiger partial charge in [-0.25, -0.2) is 13.2 Å². The zero-order valence-corrected chi connectivity index (χ0v) is 14.4. The lowest BCUT2D eigenvalue weighted by Gasteiger charge is -2.17. The van der Waals surface area contributed by atoms with E-state index in [4.69, 9.17) is 4.74 Å². The summed E-state index contributed by atoms with van der Waals surface area (Å²) in [5, 5.41) is 0. The number of Topliss-reactive ketones (excluding diaryl/α,β-unsaturated/α-hetero) is 1. The van der Waals surface area contributed by atoms with E-state index in [2.05, 4.69) is 0 Å². The number of carbonyl (C=O) groups excluding carboxylic acids is 2. The normalized spacial score (nSPS) is 17.1. The second-order valence-corrected chi connectivity index (χ2v) is 8.55. The zero-order chi connectivity index (χ0) is 17.3. The van der Waals surface area contributed by atoms with Gasteiger partial charge in [0.15, 0.2) is 12.4 Å². The molecule has 0 bridgehead atoms. The molecule has 1 fully saturated rings. The van der Waals surface area contributed by atoms with E-state index < -0.39 is 21.4 Å². The molecule has 0 spiro atoms. The molecule has 0 N–H and O–H groups in total. The summed E-state index contributed by atoms with van der Waals surface area (Å²) >= 11 is 0. The van der Waals surface area contributed by atoms with Crippen LogP contribution < -0.4 is 4.31 Å². The van der Waals surface area contributed by atoms with Crippen LogP contribution in [0.1, 0.15) is 37.6 Å². The van der Waals surface area contributed by atoms with Crippen molar-refractivity contribution in [3.63, 3.8) is 0 Å². The van der Waals surface area contributed by atoms with Gasteiger partial charge in [-0.3, -0.25) is 9.10 Å². The maximum atomic E-state index is 11.9. The molecule has 0 unspecified atom stereocenters. The second-order valence-electron chi connectivity index (χ2n) is 6.54. The van der Waals surface area contributed by atoms with E-state index in [1.807, 2.05) is 0 Å². The van der Waals surface area contributed by atoms with Gasteiger partial charge in [-0.15, -0.1) is 0 Å². The Morgan fingerprint density at radius 1 is 1.17 bits per heavy atom. The molecule has 0 atom stereocenters. The summed E-state index contributed by atoms with van der Waals surface area (Å²) in [6.45, 7) is 5.45. The highest BCUT2D eigenvalue weighted by Crippen LogP contribution is 2.24. The Hall–Kier alpha value is -1.89.